The van der Waals surface area contributed by atoms with Crippen molar-refractivity contribution in [3.05, 3.63) is 76.6 Å². The van der Waals surface area contributed by atoms with Gasteiger partial charge < -0.3 is 15.4 Å². The van der Waals surface area contributed by atoms with Crippen molar-refractivity contribution < 1.29 is 14.3 Å². The molecule has 0 saturated heterocycles. The highest BCUT2D eigenvalue weighted by atomic mass is 35.5. The minimum atomic E-state index is -0.417. The smallest absolute Gasteiger partial charge is 0.337 e. The number of methoxy groups -OCH3 is 1. The van der Waals surface area contributed by atoms with E-state index in [-0.39, 0.29) is 17.5 Å². The summed E-state index contributed by atoms with van der Waals surface area (Å²) in [6.07, 6.45) is 0. The Balaban J connectivity index is 1.76. The molecule has 0 spiro atoms. The lowest BCUT2D eigenvalue weighted by Crippen LogP contribution is -2.15. The third-order valence-corrected chi connectivity index (χ3v) is 4.00. The molecular formula is C20H17ClN4O3. The molecule has 7 nitrogen and oxygen atoms in total. The number of esters is 1. The molecule has 0 radical (unpaired) electrons. The Morgan fingerprint density at radius 3 is 2.25 bits per heavy atom. The average molecular weight is 397 g/mol. The van der Waals surface area contributed by atoms with E-state index < -0.39 is 5.97 Å². The number of benzene rings is 2. The van der Waals surface area contributed by atoms with E-state index in [2.05, 4.69) is 25.3 Å². The molecule has 8 heteroatoms. The molecule has 0 aliphatic heterocycles. The van der Waals surface area contributed by atoms with Gasteiger partial charge in [-0.15, -0.1) is 0 Å². The molecule has 0 unspecified atom stereocenters. The van der Waals surface area contributed by atoms with Gasteiger partial charge in [0, 0.05) is 22.1 Å². The molecule has 0 aliphatic rings. The van der Waals surface area contributed by atoms with Crippen molar-refractivity contribution >= 4 is 40.8 Å². The van der Waals surface area contributed by atoms with Crippen LogP contribution in [0.3, 0.4) is 0 Å². The Bertz CT molecular complexity index is 1000. The standard InChI is InChI=1S/C20H17ClN4O3/c1-12-11-17(18(26)23-15-9-5-14(21)6-10-15)25-20(22-12)24-16-7-3-13(4-8-16)19(27)28-2/h3-11H,1-2H3,(H,23,26)(H,22,24,25). The van der Waals surface area contributed by atoms with Crippen molar-refractivity contribution in [3.8, 4) is 0 Å². The number of aryl methyl sites for hydroxylation is 1. The van der Waals surface area contributed by atoms with Crippen LogP contribution in [0.2, 0.25) is 5.02 Å². The molecule has 3 aromatic rings. The molecular weight excluding hydrogens is 380 g/mol. The molecule has 2 N–H and O–H groups in total. The Morgan fingerprint density at radius 2 is 1.61 bits per heavy atom. The predicted octanol–water partition coefficient (Wildman–Crippen LogP) is 4.22. The molecule has 0 fully saturated rings. The van der Waals surface area contributed by atoms with Crippen LogP contribution in [-0.2, 0) is 4.74 Å². The number of amides is 1. The number of hydrogen-bond donors (Lipinski definition) is 2. The number of nitrogens with one attached hydrogen (secondary N) is 2. The van der Waals surface area contributed by atoms with Crippen LogP contribution in [0.1, 0.15) is 26.5 Å². The van der Waals surface area contributed by atoms with Gasteiger partial charge in [0.25, 0.3) is 5.91 Å². The number of anilines is 3. The fourth-order valence-corrected chi connectivity index (χ4v) is 2.53. The second-order valence-electron chi connectivity index (χ2n) is 5.87. The van der Waals surface area contributed by atoms with Crippen molar-refractivity contribution in [3.63, 3.8) is 0 Å². The van der Waals surface area contributed by atoms with Crippen LogP contribution in [0.25, 0.3) is 0 Å². The molecule has 28 heavy (non-hydrogen) atoms. The van der Waals surface area contributed by atoms with Crippen LogP contribution in [0.5, 0.6) is 0 Å². The van der Waals surface area contributed by atoms with E-state index in [1.165, 1.54) is 7.11 Å². The first-order valence-electron chi connectivity index (χ1n) is 8.32. The lowest BCUT2D eigenvalue weighted by Gasteiger charge is -2.09. The Labute approximate surface area is 166 Å². The van der Waals surface area contributed by atoms with Gasteiger partial charge in [0.2, 0.25) is 5.95 Å². The summed E-state index contributed by atoms with van der Waals surface area (Å²) in [6, 6.07) is 15.0. The molecule has 0 bridgehead atoms. The Morgan fingerprint density at radius 1 is 0.964 bits per heavy atom. The second-order valence-corrected chi connectivity index (χ2v) is 6.31. The second kappa shape index (κ2) is 8.49. The minimum Gasteiger partial charge on any atom is -0.465 e. The molecule has 3 rings (SSSR count). The summed E-state index contributed by atoms with van der Waals surface area (Å²) in [5.41, 5.74) is 2.56. The lowest BCUT2D eigenvalue weighted by molar-refractivity contribution is 0.0600. The summed E-state index contributed by atoms with van der Waals surface area (Å²) in [7, 11) is 1.33. The third kappa shape index (κ3) is 4.83. The maximum atomic E-state index is 12.5. The van der Waals surface area contributed by atoms with E-state index in [0.29, 0.717) is 27.7 Å². The van der Waals surface area contributed by atoms with Crippen LogP contribution in [0, 0.1) is 6.92 Å². The van der Waals surface area contributed by atoms with Crippen molar-refractivity contribution in [2.75, 3.05) is 17.7 Å². The summed E-state index contributed by atoms with van der Waals surface area (Å²) in [5.74, 6) is -0.511. The first-order chi connectivity index (χ1) is 13.4. The van der Waals surface area contributed by atoms with Gasteiger partial charge in [0.1, 0.15) is 5.69 Å². The summed E-state index contributed by atoms with van der Waals surface area (Å²) in [6.45, 7) is 1.77. The first-order valence-corrected chi connectivity index (χ1v) is 8.70. The van der Waals surface area contributed by atoms with Gasteiger partial charge in [0.05, 0.1) is 12.7 Å². The summed E-state index contributed by atoms with van der Waals surface area (Å²) in [4.78, 5) is 32.5. The summed E-state index contributed by atoms with van der Waals surface area (Å²) in [5, 5.41) is 6.37. The topological polar surface area (TPSA) is 93.2 Å². The zero-order valence-corrected chi connectivity index (χ0v) is 15.9. The van der Waals surface area contributed by atoms with Crippen molar-refractivity contribution in [1.82, 2.24) is 9.97 Å². The maximum absolute atomic E-state index is 12.5. The van der Waals surface area contributed by atoms with Gasteiger partial charge in [-0.25, -0.2) is 14.8 Å². The molecule has 1 aromatic heterocycles. The van der Waals surface area contributed by atoms with E-state index >= 15 is 0 Å². The quantitative estimate of drug-likeness (QED) is 0.627. The van der Waals surface area contributed by atoms with Gasteiger partial charge in [-0.1, -0.05) is 11.6 Å². The largest absolute Gasteiger partial charge is 0.465 e. The van der Waals surface area contributed by atoms with E-state index in [4.69, 9.17) is 11.6 Å². The first kappa shape index (κ1) is 19.3. The van der Waals surface area contributed by atoms with Crippen molar-refractivity contribution in [1.29, 1.82) is 0 Å². The molecule has 0 aliphatic carbocycles. The molecule has 1 amide bonds. The monoisotopic (exact) mass is 396 g/mol. The van der Waals surface area contributed by atoms with Gasteiger partial charge in [-0.3, -0.25) is 4.79 Å². The summed E-state index contributed by atoms with van der Waals surface area (Å²) < 4.78 is 4.67. The van der Waals surface area contributed by atoms with Crippen LogP contribution in [0.4, 0.5) is 17.3 Å². The van der Waals surface area contributed by atoms with E-state index in [9.17, 15) is 9.59 Å². The van der Waals surface area contributed by atoms with Crippen LogP contribution in [-0.4, -0.2) is 29.0 Å². The minimum absolute atomic E-state index is 0.219. The molecule has 2 aromatic carbocycles. The number of hydrogen-bond acceptors (Lipinski definition) is 6. The van der Waals surface area contributed by atoms with Gasteiger partial charge in [-0.2, -0.15) is 0 Å². The highest BCUT2D eigenvalue weighted by molar-refractivity contribution is 6.30. The number of rotatable bonds is 5. The number of aromatic nitrogens is 2. The fourth-order valence-electron chi connectivity index (χ4n) is 2.41. The third-order valence-electron chi connectivity index (χ3n) is 3.75. The molecule has 0 saturated carbocycles. The number of carbonyl (C=O) groups is 2. The van der Waals surface area contributed by atoms with Crippen LogP contribution in [0.15, 0.2) is 54.6 Å². The molecule has 1 heterocycles. The Hall–Kier alpha value is -3.45. The zero-order chi connectivity index (χ0) is 20.1. The maximum Gasteiger partial charge on any atom is 0.337 e. The highest BCUT2D eigenvalue weighted by Gasteiger charge is 2.12. The van der Waals surface area contributed by atoms with Crippen LogP contribution < -0.4 is 10.6 Å². The van der Waals surface area contributed by atoms with Gasteiger partial charge in [-0.05, 0) is 61.5 Å². The predicted molar refractivity (Wildman–Crippen MR) is 107 cm³/mol. The summed E-state index contributed by atoms with van der Waals surface area (Å²) >= 11 is 5.85. The fraction of sp³-hybridized carbons (Fsp3) is 0.100. The van der Waals surface area contributed by atoms with Gasteiger partial charge in [0.15, 0.2) is 0 Å². The highest BCUT2D eigenvalue weighted by Crippen LogP contribution is 2.17. The van der Waals surface area contributed by atoms with E-state index in [1.807, 2.05) is 0 Å². The normalized spacial score (nSPS) is 10.2. The number of carbonyl (C=O) groups excluding carboxylic acids is 2. The van der Waals surface area contributed by atoms with Crippen molar-refractivity contribution in [2.45, 2.75) is 6.92 Å². The van der Waals surface area contributed by atoms with Crippen molar-refractivity contribution in [2.24, 2.45) is 0 Å². The number of halogens is 1. The van der Waals surface area contributed by atoms with E-state index in [0.717, 1.165) is 0 Å². The molecule has 142 valence electrons. The van der Waals surface area contributed by atoms with Gasteiger partial charge >= 0.3 is 5.97 Å². The average Bonchev–Trinajstić information content (AvgIpc) is 2.69. The lowest BCUT2D eigenvalue weighted by atomic mass is 10.2. The molecule has 0 atom stereocenters. The Kier molecular flexibility index (Phi) is 5.86. The number of nitrogens with zero attached hydrogens (tertiary/aromatic N) is 2. The zero-order valence-electron chi connectivity index (χ0n) is 15.2. The SMILES string of the molecule is COC(=O)c1ccc(Nc2nc(C)cc(C(=O)Nc3ccc(Cl)cc3)n2)cc1. The van der Waals surface area contributed by atoms with Crippen LogP contribution >= 0.6 is 11.6 Å². The van der Waals surface area contributed by atoms with E-state index in [1.54, 1.807) is 61.5 Å². The number of ether oxygens (including phenoxy) is 1.